The first-order chi connectivity index (χ1) is 15.0. The van der Waals surface area contributed by atoms with Crippen molar-refractivity contribution in [2.75, 3.05) is 19.1 Å². The van der Waals surface area contributed by atoms with Crippen molar-refractivity contribution in [2.24, 2.45) is 0 Å². The Morgan fingerprint density at radius 2 is 2.13 bits per heavy atom. The molecule has 2 aliphatic heterocycles. The van der Waals surface area contributed by atoms with E-state index in [0.29, 0.717) is 53.1 Å². The third-order valence-corrected chi connectivity index (χ3v) is 7.43. The summed E-state index contributed by atoms with van der Waals surface area (Å²) in [5, 5.41) is 10.1. The molecule has 5 rings (SSSR count). The van der Waals surface area contributed by atoms with Gasteiger partial charge in [0.25, 0.3) is 0 Å². The number of likely N-dealkylation sites (tertiary alicyclic amines) is 1. The number of hydrogen-bond donors (Lipinski definition) is 2. The van der Waals surface area contributed by atoms with E-state index in [4.69, 9.17) is 20.2 Å². The number of carbonyl (C=O) groups is 1. The van der Waals surface area contributed by atoms with Crippen molar-refractivity contribution in [1.29, 1.82) is 0 Å². The Hall–Kier alpha value is -2.73. The molecule has 0 bridgehead atoms. The van der Waals surface area contributed by atoms with Crippen LogP contribution in [0.1, 0.15) is 19.3 Å². The molecule has 10 nitrogen and oxygen atoms in total. The summed E-state index contributed by atoms with van der Waals surface area (Å²) in [7, 11) is 0. The van der Waals surface area contributed by atoms with E-state index in [2.05, 4.69) is 25.9 Å². The van der Waals surface area contributed by atoms with Crippen LogP contribution in [0, 0.1) is 0 Å². The molecule has 2 aromatic heterocycles. The molecule has 162 valence electrons. The van der Waals surface area contributed by atoms with E-state index in [9.17, 15) is 9.90 Å². The summed E-state index contributed by atoms with van der Waals surface area (Å²) in [6.07, 6.45) is 2.94. The number of aromatic nitrogens is 4. The van der Waals surface area contributed by atoms with Crippen molar-refractivity contribution >= 4 is 50.8 Å². The fourth-order valence-electron chi connectivity index (χ4n) is 3.95. The number of halogens is 1. The molecule has 31 heavy (non-hydrogen) atoms. The normalized spacial score (nSPS) is 17.6. The van der Waals surface area contributed by atoms with Gasteiger partial charge in [0.05, 0.1) is 0 Å². The maximum Gasteiger partial charge on any atom is 0.407 e. The van der Waals surface area contributed by atoms with E-state index < -0.39 is 6.09 Å². The molecule has 3 N–H and O–H groups in total. The summed E-state index contributed by atoms with van der Waals surface area (Å²) < 4.78 is 13.8. The summed E-state index contributed by atoms with van der Waals surface area (Å²) >= 11 is 5.04. The van der Waals surface area contributed by atoms with E-state index in [1.165, 1.54) is 23.0 Å². The summed E-state index contributed by atoms with van der Waals surface area (Å²) in [5.41, 5.74) is 7.21. The Labute approximate surface area is 189 Å². The lowest BCUT2D eigenvalue weighted by Gasteiger charge is -2.22. The van der Waals surface area contributed by atoms with Crippen LogP contribution in [-0.2, 0) is 6.54 Å². The van der Waals surface area contributed by atoms with E-state index in [1.54, 1.807) is 0 Å². The molecule has 2 aliphatic rings. The number of ether oxygens (including phenoxy) is 2. The molecule has 1 amide bonds. The van der Waals surface area contributed by atoms with Gasteiger partial charge in [0.1, 0.15) is 6.33 Å². The number of benzene rings is 1. The molecule has 1 fully saturated rings. The summed E-state index contributed by atoms with van der Waals surface area (Å²) in [5.74, 6) is 1.67. The number of fused-ring (bicyclic) bond motifs is 2. The SMILES string of the molecule is Nc1ncnc2c1nc(Sc1cc3c(cc1Br)OCO3)n2CC[C@@H]1CCCN1C(=O)O. The fraction of sp³-hybridized carbons (Fsp3) is 0.368. The molecule has 0 unspecified atom stereocenters. The number of carboxylic acid groups (broad SMARTS) is 1. The zero-order valence-electron chi connectivity index (χ0n) is 16.3. The second-order valence-corrected chi connectivity index (χ2v) is 9.14. The highest BCUT2D eigenvalue weighted by atomic mass is 79.9. The number of hydrogen-bond acceptors (Lipinski definition) is 8. The lowest BCUT2D eigenvalue weighted by atomic mass is 10.1. The number of aryl methyl sites for hydroxylation is 1. The van der Waals surface area contributed by atoms with Gasteiger partial charge in [0, 0.05) is 28.5 Å². The van der Waals surface area contributed by atoms with Crippen LogP contribution < -0.4 is 15.2 Å². The quantitative estimate of drug-likeness (QED) is 0.532. The van der Waals surface area contributed by atoms with Crippen LogP contribution >= 0.6 is 27.7 Å². The second-order valence-electron chi connectivity index (χ2n) is 7.28. The minimum Gasteiger partial charge on any atom is -0.465 e. The van der Waals surface area contributed by atoms with Crippen LogP contribution in [0.3, 0.4) is 0 Å². The van der Waals surface area contributed by atoms with Crippen LogP contribution in [0.15, 0.2) is 33.0 Å². The number of nitrogen functional groups attached to an aromatic ring is 1. The summed E-state index contributed by atoms with van der Waals surface area (Å²) in [4.78, 5) is 27.1. The first-order valence-electron chi connectivity index (χ1n) is 9.74. The molecule has 0 spiro atoms. The van der Waals surface area contributed by atoms with Gasteiger partial charge in [-0.1, -0.05) is 11.8 Å². The van der Waals surface area contributed by atoms with Crippen LogP contribution in [0.4, 0.5) is 10.6 Å². The van der Waals surface area contributed by atoms with Crippen molar-refractivity contribution in [3.8, 4) is 11.5 Å². The standard InChI is InChI=1S/C19H19BrN6O4S/c20-11-6-12-13(30-9-29-12)7-14(11)31-18-24-15-16(21)22-8-23-17(15)26(18)5-3-10-2-1-4-25(10)19(27)28/h6-8,10H,1-5,9H2,(H,27,28)(H2,21,22,23)/t10-/m0/s1. The maximum absolute atomic E-state index is 11.5. The Kier molecular flexibility index (Phi) is 5.26. The van der Waals surface area contributed by atoms with Crippen molar-refractivity contribution < 1.29 is 19.4 Å². The first-order valence-corrected chi connectivity index (χ1v) is 11.4. The molecule has 4 heterocycles. The average Bonchev–Trinajstić information content (AvgIpc) is 3.45. The third-order valence-electron chi connectivity index (χ3n) is 5.46. The van der Waals surface area contributed by atoms with Gasteiger partial charge in [-0.2, -0.15) is 0 Å². The van der Waals surface area contributed by atoms with Crippen molar-refractivity contribution in [3.05, 3.63) is 22.9 Å². The highest BCUT2D eigenvalue weighted by molar-refractivity contribution is 9.10. The second kappa shape index (κ2) is 8.08. The average molecular weight is 507 g/mol. The van der Waals surface area contributed by atoms with Crippen molar-refractivity contribution in [1.82, 2.24) is 24.4 Å². The van der Waals surface area contributed by atoms with E-state index in [1.807, 2.05) is 16.7 Å². The van der Waals surface area contributed by atoms with Gasteiger partial charge < -0.3 is 29.8 Å². The van der Waals surface area contributed by atoms with Gasteiger partial charge in [-0.3, -0.25) is 0 Å². The highest BCUT2D eigenvalue weighted by Gasteiger charge is 2.29. The molecular formula is C19H19BrN6O4S. The number of anilines is 1. The summed E-state index contributed by atoms with van der Waals surface area (Å²) in [6.45, 7) is 1.33. The van der Waals surface area contributed by atoms with Gasteiger partial charge in [-0.15, -0.1) is 0 Å². The van der Waals surface area contributed by atoms with Gasteiger partial charge in [-0.05, 0) is 47.3 Å². The predicted octanol–water partition coefficient (Wildman–Crippen LogP) is 3.58. The van der Waals surface area contributed by atoms with Crippen molar-refractivity contribution in [2.45, 2.75) is 41.9 Å². The smallest absolute Gasteiger partial charge is 0.407 e. The monoisotopic (exact) mass is 506 g/mol. The van der Waals surface area contributed by atoms with E-state index in [0.717, 1.165) is 22.2 Å². The topological polar surface area (TPSA) is 129 Å². The Balaban J connectivity index is 1.48. The van der Waals surface area contributed by atoms with Gasteiger partial charge >= 0.3 is 6.09 Å². The molecule has 1 saturated heterocycles. The molecular weight excluding hydrogens is 488 g/mol. The number of imidazole rings is 1. The highest BCUT2D eigenvalue weighted by Crippen LogP contribution is 2.43. The molecule has 12 heteroatoms. The van der Waals surface area contributed by atoms with Gasteiger partial charge in [-0.25, -0.2) is 19.7 Å². The number of nitrogens with zero attached hydrogens (tertiary/aromatic N) is 5. The zero-order valence-corrected chi connectivity index (χ0v) is 18.7. The lowest BCUT2D eigenvalue weighted by molar-refractivity contribution is 0.137. The summed E-state index contributed by atoms with van der Waals surface area (Å²) in [6, 6.07) is 3.75. The van der Waals surface area contributed by atoms with Crippen LogP contribution in [-0.4, -0.2) is 55.0 Å². The minimum absolute atomic E-state index is 0.0238. The number of nitrogens with two attached hydrogens (primary N) is 1. The zero-order chi connectivity index (χ0) is 21.5. The van der Waals surface area contributed by atoms with E-state index in [-0.39, 0.29) is 12.8 Å². The largest absolute Gasteiger partial charge is 0.465 e. The maximum atomic E-state index is 11.5. The van der Waals surface area contributed by atoms with Crippen LogP contribution in [0.25, 0.3) is 11.2 Å². The molecule has 3 aromatic rings. The van der Waals surface area contributed by atoms with Crippen LogP contribution in [0.2, 0.25) is 0 Å². The number of rotatable bonds is 5. The first kappa shape index (κ1) is 20.2. The third kappa shape index (κ3) is 3.74. The Bertz CT molecular complexity index is 1170. The predicted molar refractivity (Wildman–Crippen MR) is 116 cm³/mol. The van der Waals surface area contributed by atoms with Gasteiger partial charge in [0.15, 0.2) is 33.6 Å². The van der Waals surface area contributed by atoms with Gasteiger partial charge in [0.2, 0.25) is 6.79 Å². The molecule has 0 radical (unpaired) electrons. The fourth-order valence-corrected chi connectivity index (χ4v) is 5.46. The van der Waals surface area contributed by atoms with Crippen LogP contribution in [0.5, 0.6) is 11.5 Å². The number of amides is 1. The Morgan fingerprint density at radius 1 is 1.32 bits per heavy atom. The molecule has 1 atom stereocenters. The minimum atomic E-state index is -0.872. The molecule has 1 aromatic carbocycles. The lowest BCUT2D eigenvalue weighted by Crippen LogP contribution is -2.34. The van der Waals surface area contributed by atoms with Crippen molar-refractivity contribution in [3.63, 3.8) is 0 Å². The molecule has 0 aliphatic carbocycles. The van der Waals surface area contributed by atoms with E-state index >= 15 is 0 Å². The molecule has 0 saturated carbocycles. The Morgan fingerprint density at radius 3 is 2.94 bits per heavy atom.